The number of carbonyl (C=O) groups excluding carboxylic acids is 1. The van der Waals surface area contributed by atoms with E-state index in [4.69, 9.17) is 10.8 Å². The number of aliphatic carboxylic acids is 1. The van der Waals surface area contributed by atoms with Crippen molar-refractivity contribution in [1.29, 1.82) is 0 Å². The van der Waals surface area contributed by atoms with Crippen LogP contribution in [0.1, 0.15) is 58.3 Å². The van der Waals surface area contributed by atoms with Crippen LogP contribution in [0.2, 0.25) is 0 Å². The molecule has 0 bridgehead atoms. The smallest absolute Gasteiger partial charge is 0.305 e. The van der Waals surface area contributed by atoms with E-state index in [0.717, 1.165) is 38.5 Å². The summed E-state index contributed by atoms with van der Waals surface area (Å²) in [5, 5.41) is 11.9. The highest BCUT2D eigenvalue weighted by Gasteiger charge is 2.36. The van der Waals surface area contributed by atoms with Gasteiger partial charge in [-0.3, -0.25) is 9.59 Å². The average Bonchev–Trinajstić information content (AvgIpc) is 2.29. The van der Waals surface area contributed by atoms with E-state index in [2.05, 4.69) is 5.32 Å². The Labute approximate surface area is 108 Å². The number of hydrogen-bond donors (Lipinski definition) is 3. The summed E-state index contributed by atoms with van der Waals surface area (Å²) in [6, 6.07) is -0.525. The second-order valence-corrected chi connectivity index (χ2v) is 5.30. The van der Waals surface area contributed by atoms with Crippen LogP contribution < -0.4 is 11.1 Å². The molecule has 1 atom stereocenters. The maximum Gasteiger partial charge on any atom is 0.305 e. The molecule has 1 aliphatic carbocycles. The van der Waals surface area contributed by atoms with E-state index < -0.39 is 17.6 Å². The second kappa shape index (κ2) is 6.73. The number of hydrogen-bond acceptors (Lipinski definition) is 3. The van der Waals surface area contributed by atoms with E-state index >= 15 is 0 Å². The monoisotopic (exact) mass is 256 g/mol. The van der Waals surface area contributed by atoms with E-state index in [1.165, 1.54) is 0 Å². The molecule has 0 aliphatic heterocycles. The largest absolute Gasteiger partial charge is 0.481 e. The van der Waals surface area contributed by atoms with Gasteiger partial charge in [0.1, 0.15) is 0 Å². The summed E-state index contributed by atoms with van der Waals surface area (Å²) in [5.74, 6) is -1.07. The van der Waals surface area contributed by atoms with E-state index in [0.29, 0.717) is 6.42 Å². The molecule has 1 amide bonds. The van der Waals surface area contributed by atoms with Crippen molar-refractivity contribution in [2.45, 2.75) is 69.9 Å². The van der Waals surface area contributed by atoms with Gasteiger partial charge in [0, 0.05) is 0 Å². The molecule has 1 aliphatic rings. The standard InChI is InChI=1S/C13H24N2O3/c1-2-6-10(14)12(18)15-13(9-11(16)17)7-4-3-5-8-13/h10H,2-9,14H2,1H3,(H,15,18)(H,16,17)/t10-/m1/s1. The van der Waals surface area contributed by atoms with Crippen LogP contribution in [0, 0.1) is 0 Å². The summed E-state index contributed by atoms with van der Waals surface area (Å²) in [5.41, 5.74) is 5.20. The van der Waals surface area contributed by atoms with Crippen LogP contribution in [0.4, 0.5) is 0 Å². The van der Waals surface area contributed by atoms with Gasteiger partial charge in [-0.15, -0.1) is 0 Å². The van der Waals surface area contributed by atoms with Crippen molar-refractivity contribution >= 4 is 11.9 Å². The highest BCUT2D eigenvalue weighted by Crippen LogP contribution is 2.31. The Bertz CT molecular complexity index is 299. The van der Waals surface area contributed by atoms with Gasteiger partial charge in [0.15, 0.2) is 0 Å². The lowest BCUT2D eigenvalue weighted by molar-refractivity contribution is -0.139. The van der Waals surface area contributed by atoms with Gasteiger partial charge in [0.2, 0.25) is 5.91 Å². The molecular formula is C13H24N2O3. The Kier molecular flexibility index (Phi) is 5.59. The number of carbonyl (C=O) groups is 2. The molecule has 5 heteroatoms. The Morgan fingerprint density at radius 2 is 1.94 bits per heavy atom. The fourth-order valence-corrected chi connectivity index (χ4v) is 2.66. The Morgan fingerprint density at radius 1 is 1.33 bits per heavy atom. The Balaban J connectivity index is 2.66. The predicted molar refractivity (Wildman–Crippen MR) is 69.1 cm³/mol. The van der Waals surface area contributed by atoms with Gasteiger partial charge in [-0.1, -0.05) is 32.6 Å². The number of nitrogens with one attached hydrogen (secondary N) is 1. The van der Waals surface area contributed by atoms with Gasteiger partial charge in [-0.25, -0.2) is 0 Å². The molecule has 18 heavy (non-hydrogen) atoms. The normalized spacial score (nSPS) is 20.1. The number of amides is 1. The maximum absolute atomic E-state index is 12.0. The van der Waals surface area contributed by atoms with E-state index in [9.17, 15) is 9.59 Å². The molecule has 1 fully saturated rings. The van der Waals surface area contributed by atoms with E-state index in [1.807, 2.05) is 6.92 Å². The molecular weight excluding hydrogens is 232 g/mol. The van der Waals surface area contributed by atoms with Gasteiger partial charge in [0.05, 0.1) is 18.0 Å². The number of carboxylic acids is 1. The molecule has 0 aromatic heterocycles. The topological polar surface area (TPSA) is 92.4 Å². The van der Waals surface area contributed by atoms with Crippen LogP contribution in [-0.4, -0.2) is 28.6 Å². The van der Waals surface area contributed by atoms with Crippen LogP contribution >= 0.6 is 0 Å². The van der Waals surface area contributed by atoms with Gasteiger partial charge in [-0.2, -0.15) is 0 Å². The first-order chi connectivity index (χ1) is 8.49. The highest BCUT2D eigenvalue weighted by atomic mass is 16.4. The minimum atomic E-state index is -0.860. The SMILES string of the molecule is CCC[C@@H](N)C(=O)NC1(CC(=O)O)CCCCC1. The van der Waals surface area contributed by atoms with Crippen LogP contribution in [0.25, 0.3) is 0 Å². The van der Waals surface area contributed by atoms with Crippen molar-refractivity contribution in [3.05, 3.63) is 0 Å². The molecule has 0 unspecified atom stereocenters. The van der Waals surface area contributed by atoms with Crippen LogP contribution in [0.5, 0.6) is 0 Å². The van der Waals surface area contributed by atoms with Crippen molar-refractivity contribution in [2.75, 3.05) is 0 Å². The summed E-state index contributed by atoms with van der Waals surface area (Å²) in [7, 11) is 0. The fraction of sp³-hybridized carbons (Fsp3) is 0.846. The lowest BCUT2D eigenvalue weighted by Gasteiger charge is -2.37. The third-order valence-corrected chi connectivity index (χ3v) is 3.63. The third-order valence-electron chi connectivity index (χ3n) is 3.63. The number of nitrogens with two attached hydrogens (primary N) is 1. The highest BCUT2D eigenvalue weighted by molar-refractivity contribution is 5.83. The molecule has 0 aromatic rings. The number of rotatable bonds is 6. The van der Waals surface area contributed by atoms with Crippen molar-refractivity contribution in [3.63, 3.8) is 0 Å². The maximum atomic E-state index is 12.0. The third kappa shape index (κ3) is 4.29. The van der Waals surface area contributed by atoms with Crippen molar-refractivity contribution in [3.8, 4) is 0 Å². The average molecular weight is 256 g/mol. The minimum absolute atomic E-state index is 0.00240. The zero-order valence-corrected chi connectivity index (χ0v) is 11.1. The van der Waals surface area contributed by atoms with E-state index in [-0.39, 0.29) is 12.3 Å². The summed E-state index contributed by atoms with van der Waals surface area (Å²) in [6.07, 6.45) is 6.01. The quantitative estimate of drug-likeness (QED) is 0.670. The van der Waals surface area contributed by atoms with E-state index in [1.54, 1.807) is 0 Å². The van der Waals surface area contributed by atoms with Crippen molar-refractivity contribution in [2.24, 2.45) is 5.73 Å². The molecule has 0 aromatic carbocycles. The summed E-state index contributed by atoms with van der Waals surface area (Å²) in [4.78, 5) is 22.9. The molecule has 0 radical (unpaired) electrons. The summed E-state index contributed by atoms with van der Waals surface area (Å²) >= 11 is 0. The van der Waals surface area contributed by atoms with Crippen LogP contribution in [0.3, 0.4) is 0 Å². The van der Waals surface area contributed by atoms with Crippen molar-refractivity contribution in [1.82, 2.24) is 5.32 Å². The molecule has 0 spiro atoms. The summed E-state index contributed by atoms with van der Waals surface area (Å²) in [6.45, 7) is 1.97. The van der Waals surface area contributed by atoms with Gasteiger partial charge >= 0.3 is 5.97 Å². The van der Waals surface area contributed by atoms with Gasteiger partial charge in [0.25, 0.3) is 0 Å². The molecule has 1 saturated carbocycles. The lowest BCUT2D eigenvalue weighted by Crippen LogP contribution is -2.55. The molecule has 4 N–H and O–H groups in total. The zero-order chi connectivity index (χ0) is 13.6. The molecule has 104 valence electrons. The minimum Gasteiger partial charge on any atom is -0.481 e. The predicted octanol–water partition coefficient (Wildman–Crippen LogP) is 1.41. The van der Waals surface area contributed by atoms with Crippen LogP contribution in [-0.2, 0) is 9.59 Å². The first-order valence-corrected chi connectivity index (χ1v) is 6.78. The Morgan fingerprint density at radius 3 is 2.44 bits per heavy atom. The first kappa shape index (κ1) is 15.0. The van der Waals surface area contributed by atoms with Gasteiger partial charge < -0.3 is 16.2 Å². The first-order valence-electron chi connectivity index (χ1n) is 6.78. The molecule has 0 heterocycles. The summed E-state index contributed by atoms with van der Waals surface area (Å²) < 4.78 is 0. The second-order valence-electron chi connectivity index (χ2n) is 5.30. The van der Waals surface area contributed by atoms with Gasteiger partial charge in [-0.05, 0) is 19.3 Å². The lowest BCUT2D eigenvalue weighted by atomic mass is 9.79. The Hall–Kier alpha value is -1.10. The zero-order valence-electron chi connectivity index (χ0n) is 11.1. The molecule has 0 saturated heterocycles. The molecule has 1 rings (SSSR count). The van der Waals surface area contributed by atoms with Crippen molar-refractivity contribution < 1.29 is 14.7 Å². The fourth-order valence-electron chi connectivity index (χ4n) is 2.66. The van der Waals surface area contributed by atoms with Crippen LogP contribution in [0.15, 0.2) is 0 Å². The molecule has 5 nitrogen and oxygen atoms in total. The number of carboxylic acid groups (broad SMARTS) is 1.